The lowest BCUT2D eigenvalue weighted by molar-refractivity contribution is 0.538. The first-order valence-electron chi connectivity index (χ1n) is 6.08. The van der Waals surface area contributed by atoms with Gasteiger partial charge in [-0.15, -0.1) is 0 Å². The fourth-order valence-electron chi connectivity index (χ4n) is 1.27. The molecule has 0 bridgehead atoms. The number of allylic oxidation sites excluding steroid dienone is 1. The molecule has 0 atom stereocenters. The first-order valence-corrected chi connectivity index (χ1v) is 7.25. The standard InChI is InChI=1S/C13H18BrClN4/c1-3-4-7-16-10-19(2)9-8-17-13-11(14)5-6-12(15)18-13/h4-7,10H,3,8-9H2,1-2H3,(H,17,18)/b7-4+,16-10?. The Morgan fingerprint density at radius 1 is 1.53 bits per heavy atom. The van der Waals surface area contributed by atoms with E-state index in [1.807, 2.05) is 24.1 Å². The smallest absolute Gasteiger partial charge is 0.142 e. The van der Waals surface area contributed by atoms with Crippen molar-refractivity contribution in [2.75, 3.05) is 25.5 Å². The van der Waals surface area contributed by atoms with E-state index in [0.29, 0.717) is 5.15 Å². The first kappa shape index (κ1) is 16.0. The summed E-state index contributed by atoms with van der Waals surface area (Å²) in [7, 11) is 1.98. The van der Waals surface area contributed by atoms with Crippen LogP contribution in [0.5, 0.6) is 0 Å². The SMILES string of the molecule is CC/C=C/N=CN(C)CCNc1nc(Cl)ccc1Br. The minimum absolute atomic E-state index is 0.477. The molecule has 1 aromatic rings. The van der Waals surface area contributed by atoms with Crippen LogP contribution in [-0.2, 0) is 0 Å². The molecule has 0 saturated heterocycles. The number of aromatic nitrogens is 1. The third-order valence-corrected chi connectivity index (χ3v) is 3.11. The number of likely N-dealkylation sites (N-methyl/N-ethyl adjacent to an activating group) is 1. The molecule has 1 heterocycles. The van der Waals surface area contributed by atoms with Crippen LogP contribution in [0.1, 0.15) is 13.3 Å². The molecule has 1 N–H and O–H groups in total. The quantitative estimate of drug-likeness (QED) is 0.464. The molecule has 0 spiro atoms. The van der Waals surface area contributed by atoms with Crippen molar-refractivity contribution in [1.29, 1.82) is 0 Å². The third-order valence-electron chi connectivity index (χ3n) is 2.26. The summed E-state index contributed by atoms with van der Waals surface area (Å²) in [6.07, 6.45) is 6.61. The van der Waals surface area contributed by atoms with Crippen molar-refractivity contribution in [2.45, 2.75) is 13.3 Å². The Bertz CT molecular complexity index is 448. The van der Waals surface area contributed by atoms with Crippen LogP contribution >= 0.6 is 27.5 Å². The highest BCUT2D eigenvalue weighted by Crippen LogP contribution is 2.21. The summed E-state index contributed by atoms with van der Waals surface area (Å²) in [4.78, 5) is 10.4. The fourth-order valence-corrected chi connectivity index (χ4v) is 1.78. The van der Waals surface area contributed by atoms with E-state index in [4.69, 9.17) is 11.6 Å². The Kier molecular flexibility index (Phi) is 7.52. The van der Waals surface area contributed by atoms with E-state index in [1.54, 1.807) is 18.6 Å². The second-order valence-electron chi connectivity index (χ2n) is 3.93. The van der Waals surface area contributed by atoms with Gasteiger partial charge in [0, 0.05) is 26.3 Å². The highest BCUT2D eigenvalue weighted by molar-refractivity contribution is 9.10. The van der Waals surface area contributed by atoms with Crippen LogP contribution < -0.4 is 5.32 Å². The zero-order valence-electron chi connectivity index (χ0n) is 11.1. The lowest BCUT2D eigenvalue weighted by Crippen LogP contribution is -2.24. The number of halogens is 2. The molecule has 6 heteroatoms. The lowest BCUT2D eigenvalue weighted by atomic mass is 10.4. The molecule has 0 saturated carbocycles. The number of anilines is 1. The van der Waals surface area contributed by atoms with Gasteiger partial charge < -0.3 is 10.2 Å². The first-order chi connectivity index (χ1) is 9.13. The van der Waals surface area contributed by atoms with E-state index in [9.17, 15) is 0 Å². The van der Waals surface area contributed by atoms with Gasteiger partial charge in [-0.1, -0.05) is 24.6 Å². The molecule has 0 radical (unpaired) electrons. The van der Waals surface area contributed by atoms with Gasteiger partial charge >= 0.3 is 0 Å². The minimum atomic E-state index is 0.477. The van der Waals surface area contributed by atoms with Crippen LogP contribution in [0.25, 0.3) is 0 Å². The third kappa shape index (κ3) is 6.59. The Labute approximate surface area is 127 Å². The summed E-state index contributed by atoms with van der Waals surface area (Å²) >= 11 is 9.27. The second-order valence-corrected chi connectivity index (χ2v) is 5.17. The number of rotatable bonds is 7. The van der Waals surface area contributed by atoms with Crippen molar-refractivity contribution in [3.05, 3.63) is 34.0 Å². The molecule has 0 unspecified atom stereocenters. The summed E-state index contributed by atoms with van der Waals surface area (Å²) in [5.74, 6) is 0.753. The van der Waals surface area contributed by atoms with Crippen molar-refractivity contribution >= 4 is 39.7 Å². The average Bonchev–Trinajstić information content (AvgIpc) is 2.39. The van der Waals surface area contributed by atoms with Crippen molar-refractivity contribution in [3.8, 4) is 0 Å². The van der Waals surface area contributed by atoms with Gasteiger partial charge in [0.2, 0.25) is 0 Å². The van der Waals surface area contributed by atoms with Gasteiger partial charge in [0.1, 0.15) is 11.0 Å². The van der Waals surface area contributed by atoms with Crippen LogP contribution in [0.4, 0.5) is 5.82 Å². The fraction of sp³-hybridized carbons (Fsp3) is 0.385. The molecule has 19 heavy (non-hydrogen) atoms. The monoisotopic (exact) mass is 344 g/mol. The second kappa shape index (κ2) is 8.93. The van der Waals surface area contributed by atoms with Gasteiger partial charge in [-0.05, 0) is 34.5 Å². The van der Waals surface area contributed by atoms with Crippen molar-refractivity contribution in [2.24, 2.45) is 4.99 Å². The van der Waals surface area contributed by atoms with Gasteiger partial charge in [-0.3, -0.25) is 0 Å². The Morgan fingerprint density at radius 2 is 2.32 bits per heavy atom. The summed E-state index contributed by atoms with van der Waals surface area (Å²) in [5, 5.41) is 3.70. The zero-order chi connectivity index (χ0) is 14.1. The molecular weight excluding hydrogens is 328 g/mol. The molecule has 0 amide bonds. The maximum Gasteiger partial charge on any atom is 0.142 e. The number of nitrogens with one attached hydrogen (secondary N) is 1. The highest BCUT2D eigenvalue weighted by atomic mass is 79.9. The van der Waals surface area contributed by atoms with Crippen LogP contribution in [0, 0.1) is 0 Å². The molecule has 104 valence electrons. The number of hydrogen-bond acceptors (Lipinski definition) is 3. The number of pyridine rings is 1. The predicted molar refractivity (Wildman–Crippen MR) is 86.0 cm³/mol. The molecular formula is C13H18BrClN4. The van der Waals surface area contributed by atoms with Gasteiger partial charge in [0.15, 0.2) is 0 Å². The molecule has 0 aromatic carbocycles. The van der Waals surface area contributed by atoms with Crippen molar-refractivity contribution < 1.29 is 0 Å². The van der Waals surface area contributed by atoms with Crippen LogP contribution in [0.3, 0.4) is 0 Å². The van der Waals surface area contributed by atoms with Crippen LogP contribution in [-0.4, -0.2) is 36.4 Å². The normalized spacial score (nSPS) is 11.4. The summed E-state index contributed by atoms with van der Waals surface area (Å²) in [6, 6.07) is 3.62. The predicted octanol–water partition coefficient (Wildman–Crippen LogP) is 3.79. The van der Waals surface area contributed by atoms with E-state index in [2.05, 4.69) is 38.1 Å². The van der Waals surface area contributed by atoms with E-state index in [-0.39, 0.29) is 0 Å². The number of nitrogens with zero attached hydrogens (tertiary/aromatic N) is 3. The van der Waals surface area contributed by atoms with Gasteiger partial charge in [0.25, 0.3) is 0 Å². The average molecular weight is 346 g/mol. The summed E-state index contributed by atoms with van der Waals surface area (Å²) < 4.78 is 0.902. The van der Waals surface area contributed by atoms with Crippen LogP contribution in [0.2, 0.25) is 5.15 Å². The maximum atomic E-state index is 5.85. The molecule has 0 fully saturated rings. The minimum Gasteiger partial charge on any atom is -0.367 e. The van der Waals surface area contributed by atoms with Crippen molar-refractivity contribution in [3.63, 3.8) is 0 Å². The number of aliphatic imine (C=N–C) groups is 1. The topological polar surface area (TPSA) is 40.5 Å². The van der Waals surface area contributed by atoms with E-state index < -0.39 is 0 Å². The summed E-state index contributed by atoms with van der Waals surface area (Å²) in [6.45, 7) is 3.66. The molecule has 0 aliphatic rings. The zero-order valence-corrected chi connectivity index (χ0v) is 13.4. The lowest BCUT2D eigenvalue weighted by Gasteiger charge is -2.14. The Balaban J connectivity index is 2.35. The van der Waals surface area contributed by atoms with E-state index in [0.717, 1.165) is 29.8 Å². The maximum absolute atomic E-state index is 5.85. The molecule has 4 nitrogen and oxygen atoms in total. The number of hydrogen-bond donors (Lipinski definition) is 1. The van der Waals surface area contributed by atoms with Crippen LogP contribution in [0.15, 0.2) is 33.9 Å². The molecule has 1 rings (SSSR count). The van der Waals surface area contributed by atoms with E-state index >= 15 is 0 Å². The Hall–Kier alpha value is -1.07. The highest BCUT2D eigenvalue weighted by Gasteiger charge is 2.01. The van der Waals surface area contributed by atoms with Gasteiger partial charge in [0.05, 0.1) is 10.8 Å². The molecule has 0 aliphatic carbocycles. The van der Waals surface area contributed by atoms with Crippen molar-refractivity contribution in [1.82, 2.24) is 9.88 Å². The summed E-state index contributed by atoms with van der Waals surface area (Å²) in [5.41, 5.74) is 0. The Morgan fingerprint density at radius 3 is 3.05 bits per heavy atom. The van der Waals surface area contributed by atoms with E-state index in [1.165, 1.54) is 0 Å². The van der Waals surface area contributed by atoms with Gasteiger partial charge in [-0.25, -0.2) is 9.98 Å². The molecule has 1 aromatic heterocycles. The largest absolute Gasteiger partial charge is 0.367 e. The van der Waals surface area contributed by atoms with Gasteiger partial charge in [-0.2, -0.15) is 0 Å². The molecule has 0 aliphatic heterocycles.